The number of hydrogen-bond acceptors (Lipinski definition) is 5. The summed E-state index contributed by atoms with van der Waals surface area (Å²) in [7, 11) is -2.10. The van der Waals surface area contributed by atoms with Gasteiger partial charge in [-0.05, 0) is 36.2 Å². The second-order valence-corrected chi connectivity index (χ2v) is 7.27. The Labute approximate surface area is 151 Å². The van der Waals surface area contributed by atoms with Gasteiger partial charge in [-0.15, -0.1) is 4.40 Å². The molecule has 136 valence electrons. The highest BCUT2D eigenvalue weighted by Crippen LogP contribution is 2.27. The van der Waals surface area contributed by atoms with E-state index in [2.05, 4.69) is 9.50 Å². The van der Waals surface area contributed by atoms with Crippen molar-refractivity contribution in [2.24, 2.45) is 9.50 Å². The summed E-state index contributed by atoms with van der Waals surface area (Å²) in [6, 6.07) is 11.0. The van der Waals surface area contributed by atoms with Crippen molar-refractivity contribution in [3.05, 3.63) is 59.4 Å². The van der Waals surface area contributed by atoms with Gasteiger partial charge in [-0.1, -0.05) is 25.1 Å². The number of amidine groups is 1. The number of benzene rings is 2. The summed E-state index contributed by atoms with van der Waals surface area (Å²) in [5, 5.41) is 5.60. The van der Waals surface area contributed by atoms with Crippen LogP contribution < -0.4 is 4.74 Å². The summed E-state index contributed by atoms with van der Waals surface area (Å²) >= 11 is 0. The van der Waals surface area contributed by atoms with Crippen molar-refractivity contribution >= 4 is 22.1 Å². The number of hydrogen-bond donors (Lipinski definition) is 0. The van der Waals surface area contributed by atoms with E-state index in [9.17, 15) is 12.8 Å². The van der Waals surface area contributed by atoms with E-state index in [1.807, 2.05) is 6.92 Å². The largest absolute Gasteiger partial charge is 0.491 e. The molecule has 0 fully saturated rings. The SMILES string of the molecule is CCCOc1cc(/C=N/N(C)C2=NS(=O)(=O)c3ccccc32)ccc1F. The van der Waals surface area contributed by atoms with Crippen LogP contribution in [0.25, 0.3) is 0 Å². The van der Waals surface area contributed by atoms with E-state index < -0.39 is 15.8 Å². The number of rotatable bonds is 5. The molecule has 26 heavy (non-hydrogen) atoms. The Balaban J connectivity index is 1.84. The summed E-state index contributed by atoms with van der Waals surface area (Å²) in [6.07, 6.45) is 2.27. The number of nitrogens with zero attached hydrogens (tertiary/aromatic N) is 3. The first-order valence-corrected chi connectivity index (χ1v) is 9.51. The van der Waals surface area contributed by atoms with Gasteiger partial charge in [0.1, 0.15) is 4.90 Å². The average molecular weight is 375 g/mol. The van der Waals surface area contributed by atoms with Gasteiger partial charge in [0, 0.05) is 12.6 Å². The van der Waals surface area contributed by atoms with Crippen molar-refractivity contribution in [1.29, 1.82) is 0 Å². The normalized spacial score (nSPS) is 15.0. The molecule has 1 heterocycles. The van der Waals surface area contributed by atoms with E-state index in [1.54, 1.807) is 37.4 Å². The van der Waals surface area contributed by atoms with Crippen LogP contribution in [-0.2, 0) is 10.0 Å². The van der Waals surface area contributed by atoms with E-state index >= 15 is 0 Å². The van der Waals surface area contributed by atoms with Crippen molar-refractivity contribution in [2.75, 3.05) is 13.7 Å². The van der Waals surface area contributed by atoms with Crippen molar-refractivity contribution in [2.45, 2.75) is 18.2 Å². The zero-order chi connectivity index (χ0) is 18.7. The van der Waals surface area contributed by atoms with Crippen molar-refractivity contribution in [3.63, 3.8) is 0 Å². The molecule has 8 heteroatoms. The van der Waals surface area contributed by atoms with Crippen LogP contribution >= 0.6 is 0 Å². The van der Waals surface area contributed by atoms with Crippen molar-refractivity contribution in [3.8, 4) is 5.75 Å². The van der Waals surface area contributed by atoms with Crippen LogP contribution in [0, 0.1) is 5.82 Å². The third-order valence-electron chi connectivity index (χ3n) is 3.72. The third-order valence-corrected chi connectivity index (χ3v) is 5.04. The van der Waals surface area contributed by atoms with Crippen molar-refractivity contribution < 1.29 is 17.5 Å². The van der Waals surface area contributed by atoms with E-state index in [-0.39, 0.29) is 16.5 Å². The molecular formula is C18H18FN3O3S. The highest BCUT2D eigenvalue weighted by molar-refractivity contribution is 7.90. The molecule has 0 unspecified atom stereocenters. The molecule has 1 aliphatic heterocycles. The Morgan fingerprint density at radius 3 is 2.81 bits per heavy atom. The van der Waals surface area contributed by atoms with Gasteiger partial charge in [-0.25, -0.2) is 9.40 Å². The van der Waals surface area contributed by atoms with Crippen LogP contribution in [-0.4, -0.2) is 39.1 Å². The van der Waals surface area contributed by atoms with Gasteiger partial charge in [0.25, 0.3) is 10.0 Å². The molecule has 0 saturated heterocycles. The average Bonchev–Trinajstić information content (AvgIpc) is 2.91. The first-order valence-electron chi connectivity index (χ1n) is 8.07. The molecule has 0 atom stereocenters. The Hall–Kier alpha value is -2.74. The number of halogens is 1. The summed E-state index contributed by atoms with van der Waals surface area (Å²) in [5.74, 6) is -0.0462. The standard InChI is InChI=1S/C18H18FN3O3S/c1-3-10-25-16-11-13(8-9-15(16)19)12-20-22(2)18-14-6-4-5-7-17(14)26(23,24)21-18/h4-9,11-12H,3,10H2,1-2H3/b20-12+. The molecule has 0 aromatic heterocycles. The fourth-order valence-corrected chi connectivity index (χ4v) is 3.68. The van der Waals surface area contributed by atoms with Crippen LogP contribution in [0.5, 0.6) is 5.75 Å². The lowest BCUT2D eigenvalue weighted by atomic mass is 10.2. The molecule has 2 aromatic carbocycles. The van der Waals surface area contributed by atoms with Crippen LogP contribution in [0.3, 0.4) is 0 Å². The molecule has 3 rings (SSSR count). The summed E-state index contributed by atoms with van der Waals surface area (Å²) in [6.45, 7) is 2.36. The number of hydrazone groups is 1. The maximum absolute atomic E-state index is 13.7. The minimum atomic E-state index is -3.70. The second-order valence-electron chi connectivity index (χ2n) is 5.69. The van der Waals surface area contributed by atoms with Gasteiger partial charge in [0.05, 0.1) is 12.8 Å². The van der Waals surface area contributed by atoms with E-state index in [4.69, 9.17) is 4.74 Å². The first kappa shape index (κ1) is 18.1. The van der Waals surface area contributed by atoms with Crippen LogP contribution in [0.2, 0.25) is 0 Å². The van der Waals surface area contributed by atoms with Crippen LogP contribution in [0.15, 0.2) is 56.9 Å². The smallest absolute Gasteiger partial charge is 0.285 e. The van der Waals surface area contributed by atoms with Crippen molar-refractivity contribution in [1.82, 2.24) is 5.01 Å². The Morgan fingerprint density at radius 2 is 2.04 bits per heavy atom. The molecule has 0 radical (unpaired) electrons. The molecule has 0 bridgehead atoms. The monoisotopic (exact) mass is 375 g/mol. The summed E-state index contributed by atoms with van der Waals surface area (Å²) in [5.41, 5.74) is 1.12. The number of ether oxygens (including phenoxy) is 1. The lowest BCUT2D eigenvalue weighted by Gasteiger charge is -2.12. The third kappa shape index (κ3) is 3.60. The number of sulfonamides is 1. The highest BCUT2D eigenvalue weighted by Gasteiger charge is 2.30. The molecule has 2 aromatic rings. The minimum absolute atomic E-state index is 0.157. The van der Waals surface area contributed by atoms with Crippen LogP contribution in [0.4, 0.5) is 4.39 Å². The lowest BCUT2D eigenvalue weighted by molar-refractivity contribution is 0.301. The molecule has 6 nitrogen and oxygen atoms in total. The lowest BCUT2D eigenvalue weighted by Crippen LogP contribution is -2.21. The predicted molar refractivity (Wildman–Crippen MR) is 97.7 cm³/mol. The number of fused-ring (bicyclic) bond motifs is 1. The molecule has 0 aliphatic carbocycles. The second kappa shape index (κ2) is 7.25. The van der Waals surface area contributed by atoms with E-state index in [1.165, 1.54) is 23.4 Å². The van der Waals surface area contributed by atoms with Gasteiger partial charge < -0.3 is 4.74 Å². The van der Waals surface area contributed by atoms with E-state index in [0.717, 1.165) is 6.42 Å². The summed E-state index contributed by atoms with van der Waals surface area (Å²) in [4.78, 5) is 0.161. The van der Waals surface area contributed by atoms with Gasteiger partial charge in [0.15, 0.2) is 17.4 Å². The summed E-state index contributed by atoms with van der Waals surface area (Å²) < 4.78 is 47.1. The van der Waals surface area contributed by atoms with Gasteiger partial charge >= 0.3 is 0 Å². The topological polar surface area (TPSA) is 71.3 Å². The molecule has 0 spiro atoms. The predicted octanol–water partition coefficient (Wildman–Crippen LogP) is 3.03. The fraction of sp³-hybridized carbons (Fsp3) is 0.222. The molecule has 1 aliphatic rings. The molecular weight excluding hydrogens is 357 g/mol. The van der Waals surface area contributed by atoms with Gasteiger partial charge in [0.2, 0.25) is 0 Å². The Kier molecular flexibility index (Phi) is 5.03. The van der Waals surface area contributed by atoms with Crippen LogP contribution in [0.1, 0.15) is 24.5 Å². The zero-order valence-corrected chi connectivity index (χ0v) is 15.2. The van der Waals surface area contributed by atoms with Gasteiger partial charge in [-0.2, -0.15) is 13.5 Å². The Bertz CT molecular complexity index is 987. The van der Waals surface area contributed by atoms with E-state index in [0.29, 0.717) is 17.7 Å². The maximum atomic E-state index is 13.7. The zero-order valence-electron chi connectivity index (χ0n) is 14.4. The first-order chi connectivity index (χ1) is 12.4. The highest BCUT2D eigenvalue weighted by atomic mass is 32.2. The molecule has 0 saturated carbocycles. The fourth-order valence-electron chi connectivity index (χ4n) is 2.45. The van der Waals surface area contributed by atoms with Gasteiger partial charge in [-0.3, -0.25) is 0 Å². The molecule has 0 N–H and O–H groups in total. The quantitative estimate of drug-likeness (QED) is 0.595. The minimum Gasteiger partial charge on any atom is -0.491 e. The maximum Gasteiger partial charge on any atom is 0.285 e. The molecule has 0 amide bonds. The Morgan fingerprint density at radius 1 is 1.27 bits per heavy atom.